The molecule has 0 spiro atoms. The van der Waals surface area contributed by atoms with Crippen molar-refractivity contribution in [3.8, 4) is 5.75 Å². The van der Waals surface area contributed by atoms with E-state index in [0.29, 0.717) is 23.8 Å². The molecule has 0 radical (unpaired) electrons. The summed E-state index contributed by atoms with van der Waals surface area (Å²) in [7, 11) is 0. The van der Waals surface area contributed by atoms with Crippen LogP contribution in [0.2, 0.25) is 5.02 Å². The zero-order chi connectivity index (χ0) is 20.9. The van der Waals surface area contributed by atoms with E-state index in [1.165, 1.54) is 10.4 Å². The molecule has 2 atom stereocenters. The van der Waals surface area contributed by atoms with Crippen LogP contribution in [0.4, 0.5) is 0 Å². The standard InChI is InChI=1S/C22H23ClN4O3/c23-19-5-1-16(2-6-19)18-9-12-26(13-18)22(29)17-3-7-21(8-4-17)30-15-20(28)14-27-24-10-11-25-27/h1-8,10-11,18,20,28H,9,12-15H2/t18-,20+/m0/s1. The second kappa shape index (κ2) is 9.28. The largest absolute Gasteiger partial charge is 0.491 e. The lowest BCUT2D eigenvalue weighted by atomic mass is 9.99. The predicted molar refractivity (Wildman–Crippen MR) is 113 cm³/mol. The lowest BCUT2D eigenvalue weighted by molar-refractivity contribution is 0.0789. The van der Waals surface area contributed by atoms with Crippen LogP contribution in [0.25, 0.3) is 0 Å². The molecule has 0 aliphatic carbocycles. The fourth-order valence-corrected chi connectivity index (χ4v) is 3.73. The Labute approximate surface area is 179 Å². The van der Waals surface area contributed by atoms with Crippen LogP contribution in [0.5, 0.6) is 5.75 Å². The second-order valence-electron chi connectivity index (χ2n) is 7.36. The summed E-state index contributed by atoms with van der Waals surface area (Å²) < 4.78 is 5.61. The van der Waals surface area contributed by atoms with E-state index in [2.05, 4.69) is 10.2 Å². The van der Waals surface area contributed by atoms with E-state index >= 15 is 0 Å². The van der Waals surface area contributed by atoms with Crippen molar-refractivity contribution in [3.05, 3.63) is 77.1 Å². The van der Waals surface area contributed by atoms with Gasteiger partial charge in [-0.1, -0.05) is 23.7 Å². The van der Waals surface area contributed by atoms with Crippen LogP contribution in [0.15, 0.2) is 60.9 Å². The third-order valence-corrected chi connectivity index (χ3v) is 5.45. The first kappa shape index (κ1) is 20.4. The Morgan fingerprint density at radius 2 is 1.83 bits per heavy atom. The molecule has 1 aromatic heterocycles. The van der Waals surface area contributed by atoms with Crippen molar-refractivity contribution in [1.29, 1.82) is 0 Å². The van der Waals surface area contributed by atoms with Gasteiger partial charge < -0.3 is 14.7 Å². The highest BCUT2D eigenvalue weighted by Gasteiger charge is 2.28. The molecule has 1 saturated heterocycles. The van der Waals surface area contributed by atoms with Gasteiger partial charge in [0.05, 0.1) is 18.9 Å². The van der Waals surface area contributed by atoms with E-state index in [1.54, 1.807) is 36.7 Å². The first-order valence-electron chi connectivity index (χ1n) is 9.88. The van der Waals surface area contributed by atoms with Crippen molar-refractivity contribution in [1.82, 2.24) is 19.9 Å². The number of aromatic nitrogens is 3. The number of nitrogens with zero attached hydrogens (tertiary/aromatic N) is 4. The topological polar surface area (TPSA) is 80.5 Å². The van der Waals surface area contributed by atoms with E-state index < -0.39 is 6.10 Å². The Morgan fingerprint density at radius 1 is 1.13 bits per heavy atom. The van der Waals surface area contributed by atoms with Crippen LogP contribution in [-0.2, 0) is 6.54 Å². The summed E-state index contributed by atoms with van der Waals surface area (Å²) in [4.78, 5) is 16.1. The lowest BCUT2D eigenvalue weighted by Crippen LogP contribution is -2.28. The zero-order valence-corrected chi connectivity index (χ0v) is 17.2. The van der Waals surface area contributed by atoms with Gasteiger partial charge in [-0.25, -0.2) is 0 Å². The van der Waals surface area contributed by atoms with Crippen LogP contribution in [0, 0.1) is 0 Å². The van der Waals surface area contributed by atoms with Gasteiger partial charge in [-0.2, -0.15) is 15.0 Å². The van der Waals surface area contributed by atoms with Gasteiger partial charge in [-0.3, -0.25) is 4.79 Å². The minimum absolute atomic E-state index is 0.0165. The van der Waals surface area contributed by atoms with E-state index in [4.69, 9.17) is 16.3 Å². The Hall–Kier alpha value is -2.90. The molecule has 3 aromatic rings. The molecule has 7 nitrogen and oxygen atoms in total. The third-order valence-electron chi connectivity index (χ3n) is 5.20. The van der Waals surface area contributed by atoms with Crippen LogP contribution in [0.3, 0.4) is 0 Å². The Kier molecular flexibility index (Phi) is 6.30. The maximum Gasteiger partial charge on any atom is 0.253 e. The molecule has 4 rings (SSSR count). The van der Waals surface area contributed by atoms with Gasteiger partial charge in [-0.15, -0.1) is 0 Å². The van der Waals surface area contributed by atoms with Gasteiger partial charge in [0.15, 0.2) is 0 Å². The molecule has 156 valence electrons. The SMILES string of the molecule is O=C(c1ccc(OC[C@H](O)Cn2nccn2)cc1)N1CC[C@H](c2ccc(Cl)cc2)C1. The Balaban J connectivity index is 1.29. The van der Waals surface area contributed by atoms with Crippen LogP contribution in [0.1, 0.15) is 28.3 Å². The molecule has 1 amide bonds. The Bertz CT molecular complexity index is 961. The number of amides is 1. The van der Waals surface area contributed by atoms with E-state index in [9.17, 15) is 9.90 Å². The molecule has 2 aromatic carbocycles. The van der Waals surface area contributed by atoms with Gasteiger partial charge in [0.25, 0.3) is 5.91 Å². The van der Waals surface area contributed by atoms with Crippen LogP contribution in [-0.4, -0.2) is 56.7 Å². The number of carbonyl (C=O) groups excluding carboxylic acids is 1. The van der Waals surface area contributed by atoms with Gasteiger partial charge in [0.2, 0.25) is 0 Å². The number of rotatable bonds is 7. The number of halogens is 1. The fraction of sp³-hybridized carbons (Fsp3) is 0.318. The van der Waals surface area contributed by atoms with Crippen molar-refractivity contribution in [2.75, 3.05) is 19.7 Å². The first-order chi connectivity index (χ1) is 14.6. The highest BCUT2D eigenvalue weighted by atomic mass is 35.5. The fourth-order valence-electron chi connectivity index (χ4n) is 3.60. The summed E-state index contributed by atoms with van der Waals surface area (Å²) in [6.45, 7) is 1.81. The van der Waals surface area contributed by atoms with Crippen LogP contribution < -0.4 is 4.74 Å². The molecular formula is C22H23ClN4O3. The number of likely N-dealkylation sites (tertiary alicyclic amines) is 1. The van der Waals surface area contributed by atoms with Gasteiger partial charge in [0, 0.05) is 29.6 Å². The average Bonchev–Trinajstić information content (AvgIpc) is 3.45. The summed E-state index contributed by atoms with van der Waals surface area (Å²) in [6, 6.07) is 14.9. The maximum atomic E-state index is 12.8. The smallest absolute Gasteiger partial charge is 0.253 e. The number of ether oxygens (including phenoxy) is 1. The highest BCUT2D eigenvalue weighted by molar-refractivity contribution is 6.30. The lowest BCUT2D eigenvalue weighted by Gasteiger charge is -2.17. The number of aliphatic hydroxyl groups is 1. The molecule has 2 heterocycles. The predicted octanol–water partition coefficient (Wildman–Crippen LogP) is 3.00. The number of hydrogen-bond donors (Lipinski definition) is 1. The average molecular weight is 427 g/mol. The van der Waals surface area contributed by atoms with Gasteiger partial charge in [-0.05, 0) is 48.4 Å². The summed E-state index contributed by atoms with van der Waals surface area (Å²) in [5.74, 6) is 0.946. The molecular weight excluding hydrogens is 404 g/mol. The zero-order valence-electron chi connectivity index (χ0n) is 16.4. The molecule has 1 aliphatic rings. The van der Waals surface area contributed by atoms with Crippen molar-refractivity contribution in [2.24, 2.45) is 0 Å². The number of benzene rings is 2. The van der Waals surface area contributed by atoms with Crippen molar-refractivity contribution in [3.63, 3.8) is 0 Å². The van der Waals surface area contributed by atoms with Crippen LogP contribution >= 0.6 is 11.6 Å². The normalized spacial score (nSPS) is 17.1. The molecule has 8 heteroatoms. The van der Waals surface area contributed by atoms with E-state index in [0.717, 1.165) is 18.0 Å². The molecule has 0 unspecified atom stereocenters. The second-order valence-corrected chi connectivity index (χ2v) is 7.80. The summed E-state index contributed by atoms with van der Waals surface area (Å²) >= 11 is 5.97. The first-order valence-corrected chi connectivity index (χ1v) is 10.3. The van der Waals surface area contributed by atoms with Crippen molar-refractivity contribution >= 4 is 17.5 Å². The van der Waals surface area contributed by atoms with E-state index in [-0.39, 0.29) is 19.1 Å². The number of hydrogen-bond acceptors (Lipinski definition) is 5. The summed E-state index contributed by atoms with van der Waals surface area (Å²) in [5, 5.41) is 18.6. The molecule has 30 heavy (non-hydrogen) atoms. The molecule has 0 bridgehead atoms. The third kappa shape index (κ3) is 4.98. The number of aliphatic hydroxyl groups excluding tert-OH is 1. The monoisotopic (exact) mass is 426 g/mol. The molecule has 1 N–H and O–H groups in total. The number of carbonyl (C=O) groups is 1. The minimum Gasteiger partial charge on any atom is -0.491 e. The quantitative estimate of drug-likeness (QED) is 0.628. The molecule has 1 aliphatic heterocycles. The minimum atomic E-state index is -0.729. The molecule has 0 saturated carbocycles. The van der Waals surface area contributed by atoms with E-state index in [1.807, 2.05) is 29.2 Å². The molecule has 1 fully saturated rings. The van der Waals surface area contributed by atoms with Crippen molar-refractivity contribution < 1.29 is 14.6 Å². The van der Waals surface area contributed by atoms with Crippen molar-refractivity contribution in [2.45, 2.75) is 25.0 Å². The Morgan fingerprint density at radius 3 is 2.53 bits per heavy atom. The summed E-state index contributed by atoms with van der Waals surface area (Å²) in [6.07, 6.45) is 3.33. The van der Waals surface area contributed by atoms with Gasteiger partial charge >= 0.3 is 0 Å². The summed E-state index contributed by atoms with van der Waals surface area (Å²) in [5.41, 5.74) is 1.84. The highest BCUT2D eigenvalue weighted by Crippen LogP contribution is 2.29. The van der Waals surface area contributed by atoms with Gasteiger partial charge in [0.1, 0.15) is 18.5 Å². The maximum absolute atomic E-state index is 12.8.